The molecule has 2 aliphatic heterocycles. The van der Waals surface area contributed by atoms with Crippen molar-refractivity contribution in [3.8, 4) is 5.75 Å². The second-order valence-corrected chi connectivity index (χ2v) is 7.91. The van der Waals surface area contributed by atoms with Gasteiger partial charge in [-0.1, -0.05) is 19.9 Å². The van der Waals surface area contributed by atoms with Crippen molar-refractivity contribution in [1.29, 1.82) is 0 Å². The van der Waals surface area contributed by atoms with E-state index in [1.807, 2.05) is 18.0 Å². The fourth-order valence-electron chi connectivity index (χ4n) is 4.32. The van der Waals surface area contributed by atoms with E-state index in [2.05, 4.69) is 31.3 Å². The van der Waals surface area contributed by atoms with Crippen molar-refractivity contribution in [2.75, 3.05) is 33.9 Å². The number of rotatable bonds is 5. The van der Waals surface area contributed by atoms with Crippen LogP contribution in [-0.2, 0) is 21.6 Å². The van der Waals surface area contributed by atoms with Gasteiger partial charge in [0, 0.05) is 13.1 Å². The lowest BCUT2D eigenvalue weighted by atomic mass is 9.79. The molecule has 0 radical (unpaired) electrons. The number of ether oxygens (including phenoxy) is 2. The molecule has 1 fully saturated rings. The monoisotopic (exact) mass is 360 g/mol. The topological polar surface area (TPSA) is 50.8 Å². The predicted octanol–water partition coefficient (Wildman–Crippen LogP) is 2.72. The molecule has 0 saturated carbocycles. The summed E-state index contributed by atoms with van der Waals surface area (Å²) >= 11 is 0. The number of hydrogen-bond acceptors (Lipinski definition) is 4. The summed E-state index contributed by atoms with van der Waals surface area (Å²) in [7, 11) is 3.58. The first kappa shape index (κ1) is 19.2. The Kier molecular flexibility index (Phi) is 5.88. The van der Waals surface area contributed by atoms with Gasteiger partial charge in [0.1, 0.15) is 5.75 Å². The molecule has 5 nitrogen and oxygen atoms in total. The van der Waals surface area contributed by atoms with Crippen molar-refractivity contribution in [2.45, 2.75) is 51.2 Å². The second-order valence-electron chi connectivity index (χ2n) is 7.91. The first-order valence-electron chi connectivity index (χ1n) is 9.76. The maximum atomic E-state index is 12.9. The van der Waals surface area contributed by atoms with E-state index in [-0.39, 0.29) is 17.6 Å². The lowest BCUT2D eigenvalue weighted by molar-refractivity contribution is -0.143. The molecule has 1 amide bonds. The normalized spacial score (nSPS) is 20.1. The van der Waals surface area contributed by atoms with Gasteiger partial charge in [-0.3, -0.25) is 4.79 Å². The van der Waals surface area contributed by atoms with E-state index in [9.17, 15) is 4.79 Å². The van der Waals surface area contributed by atoms with Crippen LogP contribution in [0.2, 0.25) is 0 Å². The quantitative estimate of drug-likeness (QED) is 0.877. The fourth-order valence-corrected chi connectivity index (χ4v) is 4.32. The predicted molar refractivity (Wildman–Crippen MR) is 102 cm³/mol. The van der Waals surface area contributed by atoms with Gasteiger partial charge in [-0.25, -0.2) is 0 Å². The van der Waals surface area contributed by atoms with E-state index in [0.717, 1.165) is 51.1 Å². The van der Waals surface area contributed by atoms with E-state index in [0.29, 0.717) is 5.92 Å². The zero-order chi connectivity index (χ0) is 18.7. The van der Waals surface area contributed by atoms with Crippen molar-refractivity contribution in [1.82, 2.24) is 10.2 Å². The van der Waals surface area contributed by atoms with Crippen molar-refractivity contribution in [2.24, 2.45) is 5.92 Å². The number of fused-ring (bicyclic) bond motifs is 2. The third-order valence-electron chi connectivity index (χ3n) is 5.79. The van der Waals surface area contributed by atoms with Crippen LogP contribution in [0.3, 0.4) is 0 Å². The Balaban J connectivity index is 1.72. The van der Waals surface area contributed by atoms with E-state index in [1.165, 1.54) is 11.1 Å². The van der Waals surface area contributed by atoms with Crippen molar-refractivity contribution in [3.63, 3.8) is 0 Å². The standard InChI is InChI=1S/C21H32N2O3/c1-15(2)13-19(22-3)20(24)23-10-8-21(9-11-23)18-6-5-17(25-4)14-16(18)7-12-26-21/h5-6,14-15,19,22H,7-13H2,1-4H3. The minimum atomic E-state index is -0.246. The number of likely N-dealkylation sites (N-methyl/N-ethyl adjacent to an activating group) is 1. The van der Waals surface area contributed by atoms with Crippen LogP contribution in [-0.4, -0.2) is 50.7 Å². The van der Waals surface area contributed by atoms with Crippen molar-refractivity contribution in [3.05, 3.63) is 29.3 Å². The number of amides is 1. The molecule has 1 N–H and O–H groups in total. The van der Waals surface area contributed by atoms with Gasteiger partial charge in [-0.15, -0.1) is 0 Å². The molecule has 0 aliphatic carbocycles. The molecule has 1 atom stereocenters. The Morgan fingerprint density at radius 1 is 1.35 bits per heavy atom. The van der Waals surface area contributed by atoms with E-state index in [4.69, 9.17) is 9.47 Å². The smallest absolute Gasteiger partial charge is 0.239 e. The van der Waals surface area contributed by atoms with Gasteiger partial charge in [0.25, 0.3) is 0 Å². The van der Waals surface area contributed by atoms with Gasteiger partial charge in [-0.05, 0) is 61.9 Å². The molecule has 1 aromatic rings. The summed E-state index contributed by atoms with van der Waals surface area (Å²) < 4.78 is 11.7. The Hall–Kier alpha value is -1.59. The maximum Gasteiger partial charge on any atom is 0.239 e. The third-order valence-corrected chi connectivity index (χ3v) is 5.79. The van der Waals surface area contributed by atoms with Crippen LogP contribution < -0.4 is 10.1 Å². The molecule has 5 heteroatoms. The van der Waals surface area contributed by atoms with Gasteiger partial charge in [0.15, 0.2) is 0 Å². The molecule has 26 heavy (non-hydrogen) atoms. The molecule has 1 aromatic carbocycles. The van der Waals surface area contributed by atoms with E-state index < -0.39 is 0 Å². The summed E-state index contributed by atoms with van der Waals surface area (Å²) in [5, 5.41) is 3.19. The van der Waals surface area contributed by atoms with E-state index in [1.54, 1.807) is 7.11 Å². The average molecular weight is 360 g/mol. The summed E-state index contributed by atoms with van der Waals surface area (Å²) in [6.07, 6.45) is 3.51. The van der Waals surface area contributed by atoms with Crippen LogP contribution in [0.25, 0.3) is 0 Å². The number of methoxy groups -OCH3 is 1. The van der Waals surface area contributed by atoms with Gasteiger partial charge < -0.3 is 19.7 Å². The minimum absolute atomic E-state index is 0.0899. The molecule has 1 saturated heterocycles. The van der Waals surface area contributed by atoms with Gasteiger partial charge >= 0.3 is 0 Å². The molecule has 1 spiro atoms. The lowest BCUT2D eigenvalue weighted by Gasteiger charge is -2.45. The SMILES string of the molecule is CNC(CC(C)C)C(=O)N1CCC2(CC1)OCCc1cc(OC)ccc12. The Bertz CT molecular complexity index is 636. The molecule has 3 rings (SSSR count). The van der Waals surface area contributed by atoms with Crippen LogP contribution in [0.5, 0.6) is 5.75 Å². The number of carbonyl (C=O) groups is 1. The molecular formula is C21H32N2O3. The van der Waals surface area contributed by atoms with Crippen LogP contribution >= 0.6 is 0 Å². The summed E-state index contributed by atoms with van der Waals surface area (Å²) in [6, 6.07) is 6.22. The first-order valence-corrected chi connectivity index (χ1v) is 9.76. The number of piperidine rings is 1. The number of likely N-dealkylation sites (tertiary alicyclic amines) is 1. The number of nitrogens with zero attached hydrogens (tertiary/aromatic N) is 1. The van der Waals surface area contributed by atoms with Crippen LogP contribution in [0, 0.1) is 5.92 Å². The summed E-state index contributed by atoms with van der Waals surface area (Å²) in [5.41, 5.74) is 2.36. The fraction of sp³-hybridized carbons (Fsp3) is 0.667. The number of benzene rings is 1. The number of hydrogen-bond donors (Lipinski definition) is 1. The zero-order valence-electron chi connectivity index (χ0n) is 16.5. The Labute approximate surface area is 157 Å². The molecule has 2 heterocycles. The highest BCUT2D eigenvalue weighted by Crippen LogP contribution is 2.42. The van der Waals surface area contributed by atoms with Crippen molar-refractivity contribution >= 4 is 5.91 Å². The molecule has 0 bridgehead atoms. The van der Waals surface area contributed by atoms with E-state index >= 15 is 0 Å². The zero-order valence-corrected chi connectivity index (χ0v) is 16.5. The maximum absolute atomic E-state index is 12.9. The molecule has 2 aliphatic rings. The molecular weight excluding hydrogens is 328 g/mol. The Morgan fingerprint density at radius 2 is 2.08 bits per heavy atom. The van der Waals surface area contributed by atoms with Gasteiger partial charge in [0.05, 0.1) is 25.4 Å². The lowest BCUT2D eigenvalue weighted by Crippen LogP contribution is -2.53. The van der Waals surface area contributed by atoms with Gasteiger partial charge in [0.2, 0.25) is 5.91 Å². The van der Waals surface area contributed by atoms with Crippen molar-refractivity contribution < 1.29 is 14.3 Å². The summed E-state index contributed by atoms with van der Waals surface area (Å²) in [4.78, 5) is 14.9. The molecule has 1 unspecified atom stereocenters. The largest absolute Gasteiger partial charge is 0.497 e. The molecule has 144 valence electrons. The number of carbonyl (C=O) groups excluding carboxylic acids is 1. The minimum Gasteiger partial charge on any atom is -0.497 e. The van der Waals surface area contributed by atoms with Crippen LogP contribution in [0.15, 0.2) is 18.2 Å². The summed E-state index contributed by atoms with van der Waals surface area (Å²) in [5.74, 6) is 1.62. The summed E-state index contributed by atoms with van der Waals surface area (Å²) in [6.45, 7) is 6.55. The average Bonchev–Trinajstić information content (AvgIpc) is 2.66. The number of nitrogens with one attached hydrogen (secondary N) is 1. The van der Waals surface area contributed by atoms with Gasteiger partial charge in [-0.2, -0.15) is 0 Å². The first-order chi connectivity index (χ1) is 12.5. The highest BCUT2D eigenvalue weighted by atomic mass is 16.5. The molecule has 0 aromatic heterocycles. The third kappa shape index (κ3) is 3.74. The highest BCUT2D eigenvalue weighted by molar-refractivity contribution is 5.82. The Morgan fingerprint density at radius 3 is 2.69 bits per heavy atom. The van der Waals surface area contributed by atoms with Crippen LogP contribution in [0.4, 0.5) is 0 Å². The second kappa shape index (κ2) is 7.97. The highest BCUT2D eigenvalue weighted by Gasteiger charge is 2.42. The van der Waals surface area contributed by atoms with Crippen LogP contribution in [0.1, 0.15) is 44.2 Å².